The summed E-state index contributed by atoms with van der Waals surface area (Å²) in [6, 6.07) is 9.81. The van der Waals surface area contributed by atoms with Gasteiger partial charge in [-0.15, -0.1) is 0 Å². The SMILES string of the molecule is O=C(O)CN1CCC(c2n[nH]c(=O)n2Cc2ccccc2)CC1. The zero-order valence-electron chi connectivity index (χ0n) is 12.8. The number of aromatic amines is 1. The average molecular weight is 316 g/mol. The Morgan fingerprint density at radius 1 is 1.26 bits per heavy atom. The molecular formula is C16H20N4O3. The zero-order valence-corrected chi connectivity index (χ0v) is 12.8. The Hall–Kier alpha value is -2.41. The fourth-order valence-electron chi connectivity index (χ4n) is 3.10. The standard InChI is InChI=1S/C16H20N4O3/c21-14(22)11-19-8-6-13(7-9-19)15-17-18-16(23)20(15)10-12-4-2-1-3-5-12/h1-5,13H,6-11H2,(H,18,23)(H,21,22). The highest BCUT2D eigenvalue weighted by Gasteiger charge is 2.26. The molecule has 0 bridgehead atoms. The van der Waals surface area contributed by atoms with Crippen LogP contribution < -0.4 is 5.69 Å². The number of rotatable bonds is 5. The molecule has 1 aliphatic heterocycles. The molecule has 23 heavy (non-hydrogen) atoms. The number of hydrogen-bond acceptors (Lipinski definition) is 4. The largest absolute Gasteiger partial charge is 0.480 e. The monoisotopic (exact) mass is 316 g/mol. The molecule has 1 aromatic heterocycles. The molecule has 2 aromatic rings. The number of carboxylic acids is 1. The first-order valence-electron chi connectivity index (χ1n) is 7.76. The number of carboxylic acid groups (broad SMARTS) is 1. The van der Waals surface area contributed by atoms with Crippen molar-refractivity contribution < 1.29 is 9.90 Å². The van der Waals surface area contributed by atoms with E-state index in [1.54, 1.807) is 4.57 Å². The van der Waals surface area contributed by atoms with Crippen LogP contribution in [-0.2, 0) is 11.3 Å². The van der Waals surface area contributed by atoms with Gasteiger partial charge in [-0.2, -0.15) is 5.10 Å². The van der Waals surface area contributed by atoms with Crippen LogP contribution in [0.1, 0.15) is 30.1 Å². The van der Waals surface area contributed by atoms with E-state index in [0.29, 0.717) is 19.6 Å². The normalized spacial score (nSPS) is 16.5. The Bertz CT molecular complexity index is 714. The van der Waals surface area contributed by atoms with Crippen molar-refractivity contribution >= 4 is 5.97 Å². The van der Waals surface area contributed by atoms with Crippen LogP contribution in [0.5, 0.6) is 0 Å². The van der Waals surface area contributed by atoms with Gasteiger partial charge in [0.15, 0.2) is 0 Å². The van der Waals surface area contributed by atoms with Gasteiger partial charge >= 0.3 is 11.7 Å². The summed E-state index contributed by atoms with van der Waals surface area (Å²) in [5.74, 6) is 0.153. The van der Waals surface area contributed by atoms with Gasteiger partial charge in [0.2, 0.25) is 0 Å². The van der Waals surface area contributed by atoms with E-state index in [9.17, 15) is 9.59 Å². The molecule has 2 heterocycles. The molecule has 1 aliphatic rings. The third kappa shape index (κ3) is 3.68. The first kappa shape index (κ1) is 15.5. The topological polar surface area (TPSA) is 91.2 Å². The molecule has 0 unspecified atom stereocenters. The van der Waals surface area contributed by atoms with Crippen LogP contribution in [-0.4, -0.2) is 50.4 Å². The molecule has 1 fully saturated rings. The number of nitrogens with one attached hydrogen (secondary N) is 1. The second-order valence-corrected chi connectivity index (χ2v) is 5.90. The van der Waals surface area contributed by atoms with E-state index >= 15 is 0 Å². The van der Waals surface area contributed by atoms with Crippen molar-refractivity contribution in [1.82, 2.24) is 19.7 Å². The van der Waals surface area contributed by atoms with Gasteiger partial charge in [0.1, 0.15) is 5.82 Å². The molecule has 0 spiro atoms. The first-order chi connectivity index (χ1) is 11.1. The second kappa shape index (κ2) is 6.78. The van der Waals surface area contributed by atoms with Crippen LogP contribution in [0.25, 0.3) is 0 Å². The molecule has 0 radical (unpaired) electrons. The van der Waals surface area contributed by atoms with Crippen molar-refractivity contribution in [3.8, 4) is 0 Å². The van der Waals surface area contributed by atoms with Crippen LogP contribution in [0.3, 0.4) is 0 Å². The van der Waals surface area contributed by atoms with Crippen LogP contribution in [0.15, 0.2) is 35.1 Å². The lowest BCUT2D eigenvalue weighted by Crippen LogP contribution is -2.37. The number of carbonyl (C=O) groups is 1. The van der Waals surface area contributed by atoms with E-state index in [1.165, 1.54) is 0 Å². The van der Waals surface area contributed by atoms with Crippen molar-refractivity contribution in [2.24, 2.45) is 0 Å². The summed E-state index contributed by atoms with van der Waals surface area (Å²) in [6.07, 6.45) is 1.62. The fourth-order valence-corrected chi connectivity index (χ4v) is 3.10. The number of aliphatic carboxylic acids is 1. The van der Waals surface area contributed by atoms with E-state index in [2.05, 4.69) is 10.2 Å². The van der Waals surface area contributed by atoms with Crippen molar-refractivity contribution in [2.45, 2.75) is 25.3 Å². The summed E-state index contributed by atoms with van der Waals surface area (Å²) in [5.41, 5.74) is 0.859. The number of piperidine rings is 1. The maximum absolute atomic E-state index is 12.1. The van der Waals surface area contributed by atoms with Crippen molar-refractivity contribution in [1.29, 1.82) is 0 Å². The average Bonchev–Trinajstić information content (AvgIpc) is 2.90. The van der Waals surface area contributed by atoms with Crippen LogP contribution in [0.4, 0.5) is 0 Å². The van der Waals surface area contributed by atoms with Gasteiger partial charge in [-0.1, -0.05) is 30.3 Å². The van der Waals surface area contributed by atoms with Gasteiger partial charge in [-0.05, 0) is 31.5 Å². The predicted molar refractivity (Wildman–Crippen MR) is 84.4 cm³/mol. The number of hydrogen-bond donors (Lipinski definition) is 2. The molecule has 3 rings (SSSR count). The molecule has 0 saturated carbocycles. The highest BCUT2D eigenvalue weighted by molar-refractivity contribution is 5.69. The minimum Gasteiger partial charge on any atom is -0.480 e. The fraction of sp³-hybridized carbons (Fsp3) is 0.438. The van der Waals surface area contributed by atoms with E-state index in [-0.39, 0.29) is 18.2 Å². The molecule has 122 valence electrons. The minimum absolute atomic E-state index is 0.0735. The molecule has 0 aliphatic carbocycles. The van der Waals surface area contributed by atoms with Crippen LogP contribution >= 0.6 is 0 Å². The summed E-state index contributed by atoms with van der Waals surface area (Å²) in [7, 11) is 0. The maximum atomic E-state index is 12.1. The molecule has 0 amide bonds. The smallest absolute Gasteiger partial charge is 0.343 e. The van der Waals surface area contributed by atoms with E-state index in [0.717, 1.165) is 24.2 Å². The number of aromatic nitrogens is 3. The van der Waals surface area contributed by atoms with Gasteiger partial charge in [0.25, 0.3) is 0 Å². The lowest BCUT2D eigenvalue weighted by atomic mass is 9.96. The summed E-state index contributed by atoms with van der Waals surface area (Å²) in [5, 5.41) is 15.6. The Morgan fingerprint density at radius 2 is 1.96 bits per heavy atom. The number of nitrogens with zero attached hydrogens (tertiary/aromatic N) is 3. The summed E-state index contributed by atoms with van der Waals surface area (Å²) >= 11 is 0. The molecular weight excluding hydrogens is 296 g/mol. The van der Waals surface area contributed by atoms with Gasteiger partial charge in [0, 0.05) is 5.92 Å². The molecule has 7 heteroatoms. The summed E-state index contributed by atoms with van der Waals surface area (Å²) in [6.45, 7) is 2.00. The van der Waals surface area contributed by atoms with E-state index in [4.69, 9.17) is 5.11 Å². The predicted octanol–water partition coefficient (Wildman–Crippen LogP) is 0.884. The Labute approximate surface area is 133 Å². The quantitative estimate of drug-likeness (QED) is 0.854. The third-order valence-electron chi connectivity index (χ3n) is 4.28. The second-order valence-electron chi connectivity index (χ2n) is 5.90. The number of H-pyrrole nitrogens is 1. The zero-order chi connectivity index (χ0) is 16.2. The maximum Gasteiger partial charge on any atom is 0.343 e. The Balaban J connectivity index is 1.72. The lowest BCUT2D eigenvalue weighted by Gasteiger charge is -2.30. The third-order valence-corrected chi connectivity index (χ3v) is 4.28. The highest BCUT2D eigenvalue weighted by Crippen LogP contribution is 2.26. The Kier molecular flexibility index (Phi) is 4.57. The molecule has 0 atom stereocenters. The molecule has 2 N–H and O–H groups in total. The molecule has 1 saturated heterocycles. The first-order valence-corrected chi connectivity index (χ1v) is 7.76. The highest BCUT2D eigenvalue weighted by atomic mass is 16.4. The van der Waals surface area contributed by atoms with Crippen LogP contribution in [0.2, 0.25) is 0 Å². The minimum atomic E-state index is -0.802. The van der Waals surface area contributed by atoms with Crippen LogP contribution in [0, 0.1) is 0 Å². The van der Waals surface area contributed by atoms with Crippen molar-refractivity contribution in [3.05, 3.63) is 52.2 Å². The lowest BCUT2D eigenvalue weighted by molar-refractivity contribution is -0.138. The van der Waals surface area contributed by atoms with E-state index in [1.807, 2.05) is 35.2 Å². The van der Waals surface area contributed by atoms with Crippen molar-refractivity contribution in [3.63, 3.8) is 0 Å². The van der Waals surface area contributed by atoms with Gasteiger partial charge in [0.05, 0.1) is 13.1 Å². The van der Waals surface area contributed by atoms with Crippen molar-refractivity contribution in [2.75, 3.05) is 19.6 Å². The Morgan fingerprint density at radius 3 is 2.61 bits per heavy atom. The number of likely N-dealkylation sites (tertiary alicyclic amines) is 1. The van der Waals surface area contributed by atoms with Gasteiger partial charge < -0.3 is 5.11 Å². The van der Waals surface area contributed by atoms with Gasteiger partial charge in [-0.3, -0.25) is 14.3 Å². The molecule has 1 aromatic carbocycles. The summed E-state index contributed by atoms with van der Waals surface area (Å²) in [4.78, 5) is 24.8. The van der Waals surface area contributed by atoms with Gasteiger partial charge in [-0.25, -0.2) is 9.89 Å². The molecule has 7 nitrogen and oxygen atoms in total. The van der Waals surface area contributed by atoms with E-state index < -0.39 is 5.97 Å². The summed E-state index contributed by atoms with van der Waals surface area (Å²) < 4.78 is 1.69. The number of benzene rings is 1.